The van der Waals surface area contributed by atoms with Crippen molar-refractivity contribution in [3.8, 4) is 0 Å². The number of aliphatic hydroxyl groups excluding tert-OH is 2. The number of nitrogens with one attached hydrogen (secondary N) is 1. The van der Waals surface area contributed by atoms with Crippen LogP contribution >= 0.6 is 0 Å². The van der Waals surface area contributed by atoms with E-state index in [1.165, 1.54) is 6.92 Å². The average Bonchev–Trinajstić information content (AvgIpc) is 2.09. The van der Waals surface area contributed by atoms with Crippen LogP contribution in [0.25, 0.3) is 0 Å². The van der Waals surface area contributed by atoms with Crippen molar-refractivity contribution in [2.24, 2.45) is 0 Å². The van der Waals surface area contributed by atoms with E-state index in [4.69, 9.17) is 4.74 Å². The Hall–Kier alpha value is -0.690. The molecule has 1 aliphatic rings. The highest BCUT2D eigenvalue weighted by Gasteiger charge is 2.43. The number of hydrogen-bond acceptors (Lipinski definition) is 4. The van der Waals surface area contributed by atoms with E-state index in [1.807, 2.05) is 0 Å². The summed E-state index contributed by atoms with van der Waals surface area (Å²) in [5.41, 5.74) is 3.71. The number of quaternary nitrogens is 1. The molecule has 0 spiro atoms. The monoisotopic (exact) mass is 205 g/mol. The molecule has 5 atom stereocenters. The topological polar surface area (TPSA) is 106 Å². The first-order valence-electron chi connectivity index (χ1n) is 4.55. The third kappa shape index (κ3) is 2.21. The lowest BCUT2D eigenvalue weighted by Crippen LogP contribution is -2.78. The van der Waals surface area contributed by atoms with E-state index in [2.05, 4.69) is 11.1 Å². The van der Waals surface area contributed by atoms with Gasteiger partial charge in [0, 0.05) is 6.92 Å². The first kappa shape index (κ1) is 11.4. The summed E-state index contributed by atoms with van der Waals surface area (Å²) in [4.78, 5) is 10.8. The summed E-state index contributed by atoms with van der Waals surface area (Å²) in [7, 11) is 0. The number of rotatable bonds is 1. The molecule has 82 valence electrons. The Balaban J connectivity index is 2.68. The summed E-state index contributed by atoms with van der Waals surface area (Å²) < 4.78 is 5.10. The maximum Gasteiger partial charge on any atom is 0.217 e. The molecule has 1 rings (SSSR count). The number of ether oxygens (including phenoxy) is 1. The lowest BCUT2D eigenvalue weighted by molar-refractivity contribution is -0.476. The van der Waals surface area contributed by atoms with Crippen molar-refractivity contribution in [3.05, 3.63) is 0 Å². The highest BCUT2D eigenvalue weighted by Crippen LogP contribution is 2.16. The van der Waals surface area contributed by atoms with Gasteiger partial charge in [0.25, 0.3) is 0 Å². The fourth-order valence-corrected chi connectivity index (χ4v) is 1.51. The zero-order valence-electron chi connectivity index (χ0n) is 8.30. The van der Waals surface area contributed by atoms with Crippen LogP contribution in [0, 0.1) is 0 Å². The third-order valence-electron chi connectivity index (χ3n) is 2.44. The van der Waals surface area contributed by atoms with Crippen LogP contribution in [0.15, 0.2) is 0 Å². The van der Waals surface area contributed by atoms with Gasteiger partial charge in [-0.3, -0.25) is 4.79 Å². The highest BCUT2D eigenvalue weighted by molar-refractivity contribution is 5.73. The second-order valence-electron chi connectivity index (χ2n) is 3.61. The fraction of sp³-hybridized carbons (Fsp3) is 0.875. The first-order valence-corrected chi connectivity index (χ1v) is 4.55. The van der Waals surface area contributed by atoms with Crippen molar-refractivity contribution < 1.29 is 25.5 Å². The van der Waals surface area contributed by atoms with Crippen LogP contribution in [0.3, 0.4) is 0 Å². The lowest BCUT2D eigenvalue weighted by atomic mass is 9.96. The Morgan fingerprint density at radius 3 is 2.57 bits per heavy atom. The zero-order valence-corrected chi connectivity index (χ0v) is 8.30. The summed E-state index contributed by atoms with van der Waals surface area (Å²) in [6, 6.07) is -1.17. The SMILES string of the molecule is CC(=O)N[C@H]1C(O)O[C@H](C)[C@@H]([NH3+])[C@@H]1O. The van der Waals surface area contributed by atoms with Gasteiger partial charge in [-0.25, -0.2) is 0 Å². The first-order chi connectivity index (χ1) is 6.43. The molecule has 0 aromatic heterocycles. The van der Waals surface area contributed by atoms with Gasteiger partial charge in [-0.2, -0.15) is 0 Å². The van der Waals surface area contributed by atoms with Crippen LogP contribution in [-0.4, -0.2) is 46.7 Å². The number of hydrogen-bond donors (Lipinski definition) is 4. The van der Waals surface area contributed by atoms with Gasteiger partial charge in [-0.1, -0.05) is 0 Å². The molecule has 1 saturated heterocycles. The van der Waals surface area contributed by atoms with Crippen LogP contribution in [0.4, 0.5) is 0 Å². The van der Waals surface area contributed by atoms with Crippen molar-refractivity contribution in [1.82, 2.24) is 5.32 Å². The second kappa shape index (κ2) is 4.22. The van der Waals surface area contributed by atoms with Crippen molar-refractivity contribution in [2.75, 3.05) is 0 Å². The summed E-state index contributed by atoms with van der Waals surface area (Å²) >= 11 is 0. The molecular weight excluding hydrogens is 188 g/mol. The van der Waals surface area contributed by atoms with Gasteiger partial charge in [-0.15, -0.1) is 0 Å². The van der Waals surface area contributed by atoms with Gasteiger partial charge in [0.1, 0.15) is 24.3 Å². The third-order valence-corrected chi connectivity index (χ3v) is 2.44. The Kier molecular flexibility index (Phi) is 3.43. The Morgan fingerprint density at radius 1 is 1.50 bits per heavy atom. The van der Waals surface area contributed by atoms with Crippen LogP contribution in [-0.2, 0) is 9.53 Å². The number of aliphatic hydroxyl groups is 2. The largest absolute Gasteiger partial charge is 0.384 e. The number of carbonyl (C=O) groups is 1. The molecule has 1 aliphatic heterocycles. The van der Waals surface area contributed by atoms with E-state index in [0.717, 1.165) is 0 Å². The molecule has 1 fully saturated rings. The van der Waals surface area contributed by atoms with E-state index in [1.54, 1.807) is 6.92 Å². The molecular formula is C8H17N2O4+. The van der Waals surface area contributed by atoms with E-state index >= 15 is 0 Å². The predicted molar refractivity (Wildman–Crippen MR) is 46.8 cm³/mol. The minimum atomic E-state index is -1.18. The minimum absolute atomic E-state index is 0.321. The molecule has 1 heterocycles. The summed E-state index contributed by atoms with van der Waals surface area (Å²) in [6.07, 6.45) is -2.40. The molecule has 0 aromatic carbocycles. The zero-order chi connectivity index (χ0) is 10.9. The summed E-state index contributed by atoms with van der Waals surface area (Å²) in [5, 5.41) is 21.6. The van der Waals surface area contributed by atoms with Gasteiger partial charge in [0.15, 0.2) is 6.29 Å². The molecule has 1 amide bonds. The van der Waals surface area contributed by atoms with Crippen molar-refractivity contribution in [1.29, 1.82) is 0 Å². The molecule has 14 heavy (non-hydrogen) atoms. The molecule has 6 N–H and O–H groups in total. The molecule has 0 bridgehead atoms. The van der Waals surface area contributed by atoms with Crippen molar-refractivity contribution in [2.45, 2.75) is 44.4 Å². The summed E-state index contributed by atoms with van der Waals surface area (Å²) in [6.45, 7) is 3.03. The predicted octanol–water partition coefficient (Wildman–Crippen LogP) is -2.80. The van der Waals surface area contributed by atoms with Crippen molar-refractivity contribution >= 4 is 5.91 Å². The summed E-state index contributed by atoms with van der Waals surface area (Å²) in [5.74, 6) is -0.321. The van der Waals surface area contributed by atoms with Crippen LogP contribution < -0.4 is 11.1 Å². The molecule has 6 nitrogen and oxygen atoms in total. The normalized spacial score (nSPS) is 43.4. The van der Waals surface area contributed by atoms with Crippen molar-refractivity contribution in [3.63, 3.8) is 0 Å². The van der Waals surface area contributed by atoms with Gasteiger partial charge in [0.2, 0.25) is 5.91 Å². The molecule has 6 heteroatoms. The van der Waals surface area contributed by atoms with Gasteiger partial charge in [-0.05, 0) is 6.92 Å². The van der Waals surface area contributed by atoms with E-state index in [-0.39, 0.29) is 18.1 Å². The maximum absolute atomic E-state index is 10.8. The van der Waals surface area contributed by atoms with Crippen LogP contribution in [0.5, 0.6) is 0 Å². The maximum atomic E-state index is 10.8. The van der Waals surface area contributed by atoms with Gasteiger partial charge < -0.3 is 26.0 Å². The number of amides is 1. The molecule has 0 saturated carbocycles. The Labute approximate surface area is 82.0 Å². The Bertz CT molecular complexity index is 223. The molecule has 0 radical (unpaired) electrons. The lowest BCUT2D eigenvalue weighted by Gasteiger charge is -2.38. The smallest absolute Gasteiger partial charge is 0.217 e. The second-order valence-corrected chi connectivity index (χ2v) is 3.61. The van der Waals surface area contributed by atoms with E-state index < -0.39 is 18.4 Å². The van der Waals surface area contributed by atoms with Crippen LogP contribution in [0.2, 0.25) is 0 Å². The standard InChI is InChI=1S/C8H16N2O4/c1-3-5(9)7(12)6(8(13)14-3)10-4(2)11/h3,5-8,12-13H,9H2,1-2H3,(H,10,11)/p+1/t3-,5-,6-,7+,8?/m1/s1. The average molecular weight is 205 g/mol. The molecule has 0 aliphatic carbocycles. The molecule has 1 unspecified atom stereocenters. The van der Waals surface area contributed by atoms with Gasteiger partial charge in [0.05, 0.1) is 0 Å². The fourth-order valence-electron chi connectivity index (χ4n) is 1.51. The van der Waals surface area contributed by atoms with Gasteiger partial charge >= 0.3 is 0 Å². The minimum Gasteiger partial charge on any atom is -0.384 e. The Morgan fingerprint density at radius 2 is 2.07 bits per heavy atom. The quantitative estimate of drug-likeness (QED) is 0.371. The highest BCUT2D eigenvalue weighted by atomic mass is 16.6. The van der Waals surface area contributed by atoms with E-state index in [9.17, 15) is 15.0 Å². The van der Waals surface area contributed by atoms with E-state index in [0.29, 0.717) is 0 Å². The van der Waals surface area contributed by atoms with Crippen LogP contribution in [0.1, 0.15) is 13.8 Å². The molecule has 0 aromatic rings. The number of carbonyl (C=O) groups excluding carboxylic acids is 1.